The molecule has 0 bridgehead atoms. The van der Waals surface area contributed by atoms with Gasteiger partial charge in [0.1, 0.15) is 17.9 Å². The van der Waals surface area contributed by atoms with Crippen LogP contribution in [0.25, 0.3) is 11.0 Å². The number of carbonyl (C=O) groups excluding carboxylic acids is 1. The lowest BCUT2D eigenvalue weighted by Gasteiger charge is -2.11. The van der Waals surface area contributed by atoms with E-state index in [1.165, 1.54) is 23.9 Å². The van der Waals surface area contributed by atoms with Crippen molar-refractivity contribution in [3.8, 4) is 5.75 Å². The molecule has 1 N–H and O–H groups in total. The Bertz CT molecular complexity index is 1120. The van der Waals surface area contributed by atoms with E-state index >= 15 is 0 Å². The Balaban J connectivity index is 1.71. The van der Waals surface area contributed by atoms with Crippen LogP contribution in [0.4, 0.5) is 0 Å². The number of phenolic OH excluding ortho intramolecular Hbond substituents is 1. The van der Waals surface area contributed by atoms with Crippen LogP contribution in [-0.2, 0) is 22.6 Å². The number of nitrogens with zero attached hydrogens (tertiary/aromatic N) is 2. The minimum atomic E-state index is -0.561. The Morgan fingerprint density at radius 1 is 1.21 bits per heavy atom. The van der Waals surface area contributed by atoms with Gasteiger partial charge in [-0.2, -0.15) is 0 Å². The first-order valence-electron chi connectivity index (χ1n) is 9.09. The summed E-state index contributed by atoms with van der Waals surface area (Å²) in [6.07, 6.45) is 2.58. The quantitative estimate of drug-likeness (QED) is 0.282. The van der Waals surface area contributed by atoms with Crippen LogP contribution in [0.2, 0.25) is 0 Å². The Labute approximate surface area is 172 Å². The molecule has 0 fully saturated rings. The third kappa shape index (κ3) is 4.59. The van der Waals surface area contributed by atoms with Crippen LogP contribution in [0.1, 0.15) is 34.5 Å². The molecule has 0 saturated carbocycles. The largest absolute Gasteiger partial charge is 0.508 e. The average Bonchev–Trinajstić information content (AvgIpc) is 2.68. The van der Waals surface area contributed by atoms with Gasteiger partial charge in [-0.25, -0.2) is 14.8 Å². The van der Waals surface area contributed by atoms with E-state index in [2.05, 4.69) is 9.97 Å². The monoisotopic (exact) mass is 414 g/mol. The van der Waals surface area contributed by atoms with Gasteiger partial charge in [0.2, 0.25) is 0 Å². The van der Waals surface area contributed by atoms with E-state index in [0.717, 1.165) is 17.0 Å². The maximum Gasteiger partial charge on any atom is 0.336 e. The highest BCUT2D eigenvalue weighted by Crippen LogP contribution is 2.27. The molecule has 0 spiro atoms. The summed E-state index contributed by atoms with van der Waals surface area (Å²) in [6, 6.07) is 4.46. The lowest BCUT2D eigenvalue weighted by Crippen LogP contribution is -2.10. The van der Waals surface area contributed by atoms with Gasteiger partial charge in [0.25, 0.3) is 0 Å². The van der Waals surface area contributed by atoms with E-state index in [1.807, 2.05) is 20.1 Å². The summed E-state index contributed by atoms with van der Waals surface area (Å²) in [4.78, 5) is 32.9. The number of aromatic nitrogens is 2. The highest BCUT2D eigenvalue weighted by atomic mass is 32.2. The molecule has 0 radical (unpaired) electrons. The van der Waals surface area contributed by atoms with Gasteiger partial charge in [-0.05, 0) is 51.1 Å². The molecule has 0 aliphatic carbocycles. The van der Waals surface area contributed by atoms with E-state index in [0.29, 0.717) is 33.7 Å². The van der Waals surface area contributed by atoms with E-state index < -0.39 is 5.63 Å². The predicted molar refractivity (Wildman–Crippen MR) is 110 cm³/mol. The topological polar surface area (TPSA) is 103 Å². The number of hydrogen-bond donors (Lipinski definition) is 1. The Kier molecular flexibility index (Phi) is 6.22. The molecule has 2 aromatic heterocycles. The summed E-state index contributed by atoms with van der Waals surface area (Å²) < 4.78 is 10.6. The van der Waals surface area contributed by atoms with Gasteiger partial charge in [-0.1, -0.05) is 11.8 Å². The van der Waals surface area contributed by atoms with E-state index in [4.69, 9.17) is 9.15 Å². The molecule has 0 atom stereocenters. The minimum Gasteiger partial charge on any atom is -0.508 e. The first-order valence-corrected chi connectivity index (χ1v) is 10.3. The number of aryl methyl sites for hydroxylation is 3. The molecule has 0 saturated heterocycles. The molecule has 29 heavy (non-hydrogen) atoms. The second kappa shape index (κ2) is 8.65. The van der Waals surface area contributed by atoms with Gasteiger partial charge < -0.3 is 14.3 Å². The normalized spacial score (nSPS) is 11.0. The summed E-state index contributed by atoms with van der Waals surface area (Å²) in [5.41, 5.74) is 3.39. The van der Waals surface area contributed by atoms with Gasteiger partial charge in [0.05, 0.1) is 0 Å². The number of benzene rings is 1. The summed E-state index contributed by atoms with van der Waals surface area (Å²) in [5.74, 6) is -0.343. The smallest absolute Gasteiger partial charge is 0.336 e. The average molecular weight is 414 g/mol. The van der Waals surface area contributed by atoms with Crippen LogP contribution in [0.5, 0.6) is 5.75 Å². The molecular weight excluding hydrogens is 392 g/mol. The van der Waals surface area contributed by atoms with Crippen LogP contribution in [-0.4, -0.2) is 27.3 Å². The number of ether oxygens (including phenoxy) is 1. The number of aromatic hydroxyl groups is 1. The maximum atomic E-state index is 12.3. The standard InChI is InChI=1S/C21H22N2O5S/c1-11-17(24)7-5-16-14(9-19(26)28-20(11)16)10-27-18(25)8-6-15-12(2)22-21(29-4)23-13(15)3/h5,7,9,24H,6,8,10H2,1-4H3. The molecule has 1 aromatic carbocycles. The highest BCUT2D eigenvalue weighted by molar-refractivity contribution is 7.98. The molecule has 3 aromatic rings. The maximum absolute atomic E-state index is 12.3. The van der Waals surface area contributed by atoms with Gasteiger partial charge in [0.15, 0.2) is 5.16 Å². The van der Waals surface area contributed by atoms with Crippen LogP contribution >= 0.6 is 11.8 Å². The third-order valence-corrected chi connectivity index (χ3v) is 5.32. The van der Waals surface area contributed by atoms with Crippen molar-refractivity contribution in [1.29, 1.82) is 0 Å². The number of rotatable bonds is 6. The van der Waals surface area contributed by atoms with Crippen molar-refractivity contribution in [1.82, 2.24) is 9.97 Å². The fraction of sp³-hybridized carbons (Fsp3) is 0.333. The number of carbonyl (C=O) groups is 1. The molecule has 8 heteroatoms. The molecular formula is C21H22N2O5S. The SMILES string of the molecule is CSc1nc(C)c(CCC(=O)OCc2cc(=O)oc3c(C)c(O)ccc23)c(C)n1. The van der Waals surface area contributed by atoms with Gasteiger partial charge in [-0.3, -0.25) is 4.79 Å². The fourth-order valence-corrected chi connectivity index (χ4v) is 3.61. The zero-order chi connectivity index (χ0) is 21.1. The Hall–Kier alpha value is -2.87. The van der Waals surface area contributed by atoms with Crippen molar-refractivity contribution in [2.45, 2.75) is 45.4 Å². The fourth-order valence-electron chi connectivity index (χ4n) is 3.15. The zero-order valence-electron chi connectivity index (χ0n) is 16.7. The Morgan fingerprint density at radius 3 is 2.55 bits per heavy atom. The summed E-state index contributed by atoms with van der Waals surface area (Å²) in [6.45, 7) is 5.42. The van der Waals surface area contributed by atoms with Crippen molar-refractivity contribution in [3.63, 3.8) is 0 Å². The second-order valence-corrected chi connectivity index (χ2v) is 7.47. The van der Waals surface area contributed by atoms with E-state index in [1.54, 1.807) is 13.0 Å². The number of phenols is 1. The number of fused-ring (bicyclic) bond motifs is 1. The second-order valence-electron chi connectivity index (χ2n) is 6.70. The third-order valence-electron chi connectivity index (χ3n) is 4.77. The van der Waals surface area contributed by atoms with Crippen LogP contribution in [0.3, 0.4) is 0 Å². The lowest BCUT2D eigenvalue weighted by atomic mass is 10.1. The van der Waals surface area contributed by atoms with Crippen molar-refractivity contribution < 1.29 is 19.1 Å². The lowest BCUT2D eigenvalue weighted by molar-refractivity contribution is -0.144. The van der Waals surface area contributed by atoms with Gasteiger partial charge >= 0.3 is 11.6 Å². The molecule has 152 valence electrons. The van der Waals surface area contributed by atoms with Crippen molar-refractivity contribution >= 4 is 28.7 Å². The summed E-state index contributed by atoms with van der Waals surface area (Å²) in [7, 11) is 0. The highest BCUT2D eigenvalue weighted by Gasteiger charge is 2.14. The van der Waals surface area contributed by atoms with Gasteiger partial charge in [-0.15, -0.1) is 0 Å². The van der Waals surface area contributed by atoms with Crippen molar-refractivity contribution in [2.75, 3.05) is 6.26 Å². The Morgan fingerprint density at radius 2 is 1.90 bits per heavy atom. The predicted octanol–water partition coefficient (Wildman–Crippen LogP) is 3.61. The number of thioether (sulfide) groups is 1. The zero-order valence-corrected chi connectivity index (χ0v) is 17.6. The van der Waals surface area contributed by atoms with Crippen LogP contribution < -0.4 is 5.63 Å². The summed E-state index contributed by atoms with van der Waals surface area (Å²) in [5, 5.41) is 11.2. The molecule has 0 amide bonds. The molecule has 0 unspecified atom stereocenters. The molecule has 0 aliphatic heterocycles. The molecule has 0 aliphatic rings. The minimum absolute atomic E-state index is 0.0373. The number of esters is 1. The van der Waals surface area contributed by atoms with Gasteiger partial charge in [0, 0.05) is 40.4 Å². The van der Waals surface area contributed by atoms with E-state index in [-0.39, 0.29) is 24.7 Å². The van der Waals surface area contributed by atoms with Crippen molar-refractivity contribution in [2.24, 2.45) is 0 Å². The first kappa shape index (κ1) is 20.9. The van der Waals surface area contributed by atoms with E-state index in [9.17, 15) is 14.7 Å². The molecule has 3 rings (SSSR count). The van der Waals surface area contributed by atoms with Crippen LogP contribution in [0.15, 0.2) is 32.6 Å². The summed E-state index contributed by atoms with van der Waals surface area (Å²) >= 11 is 1.48. The van der Waals surface area contributed by atoms with Crippen LogP contribution in [0, 0.1) is 20.8 Å². The number of hydrogen-bond acceptors (Lipinski definition) is 8. The molecule has 2 heterocycles. The molecule has 7 nitrogen and oxygen atoms in total. The first-order chi connectivity index (χ1) is 13.8. The van der Waals surface area contributed by atoms with Crippen molar-refractivity contribution in [3.05, 3.63) is 56.7 Å².